The van der Waals surface area contributed by atoms with Gasteiger partial charge in [-0.15, -0.1) is 0 Å². The fourth-order valence-electron chi connectivity index (χ4n) is 2.48. The molecule has 0 aromatic rings. The van der Waals surface area contributed by atoms with Crippen LogP contribution in [0.2, 0.25) is 0 Å². The minimum atomic E-state index is -4.35. The zero-order chi connectivity index (χ0) is 13.9. The number of piperidine rings is 1. The molecule has 2 aliphatic rings. The Morgan fingerprint density at radius 2 is 1.84 bits per heavy atom. The maximum Gasteiger partial charge on any atom is 0.415 e. The average molecular weight is 280 g/mol. The second-order valence-corrected chi connectivity index (χ2v) is 5.08. The van der Waals surface area contributed by atoms with Crippen molar-refractivity contribution in [3.05, 3.63) is 0 Å². The van der Waals surface area contributed by atoms with Gasteiger partial charge in [0, 0.05) is 26.2 Å². The summed E-state index contributed by atoms with van der Waals surface area (Å²) in [7, 11) is 0. The first-order valence-electron chi connectivity index (χ1n) is 6.65. The molecule has 0 aliphatic carbocycles. The first kappa shape index (κ1) is 14.6. The third-order valence-corrected chi connectivity index (χ3v) is 3.58. The highest BCUT2D eigenvalue weighted by atomic mass is 19.4. The molecule has 2 fully saturated rings. The lowest BCUT2D eigenvalue weighted by Crippen LogP contribution is -2.52. The summed E-state index contributed by atoms with van der Waals surface area (Å²) in [5.41, 5.74) is 0. The maximum atomic E-state index is 12.6. The van der Waals surface area contributed by atoms with Gasteiger partial charge in [0.25, 0.3) is 0 Å². The number of rotatable bonds is 2. The largest absolute Gasteiger partial charge is 0.415 e. The summed E-state index contributed by atoms with van der Waals surface area (Å²) >= 11 is 0. The predicted molar refractivity (Wildman–Crippen MR) is 62.7 cm³/mol. The lowest BCUT2D eigenvalue weighted by Gasteiger charge is -2.35. The Morgan fingerprint density at radius 1 is 1.16 bits per heavy atom. The van der Waals surface area contributed by atoms with Crippen LogP contribution >= 0.6 is 0 Å². The van der Waals surface area contributed by atoms with Gasteiger partial charge in [0.05, 0.1) is 13.2 Å². The van der Waals surface area contributed by atoms with Gasteiger partial charge in [-0.3, -0.25) is 9.69 Å². The van der Waals surface area contributed by atoms with Crippen LogP contribution in [0.15, 0.2) is 0 Å². The number of ether oxygens (including phenoxy) is 1. The molecular formula is C12H19F3N2O2. The number of carbonyl (C=O) groups excluding carboxylic acids is 1. The standard InChI is InChI=1S/C12H19F3N2O2/c13-12(14,15)10-8-16(6-7-19-10)9-11(18)17-4-2-1-3-5-17/h10H,1-9H2/t10-/m0/s1. The molecule has 0 unspecified atom stereocenters. The molecular weight excluding hydrogens is 261 g/mol. The minimum Gasteiger partial charge on any atom is -0.366 e. The second kappa shape index (κ2) is 6.09. The van der Waals surface area contributed by atoms with Crippen molar-refractivity contribution in [3.8, 4) is 0 Å². The highest BCUT2D eigenvalue weighted by Crippen LogP contribution is 2.25. The third-order valence-electron chi connectivity index (χ3n) is 3.58. The van der Waals surface area contributed by atoms with E-state index in [-0.39, 0.29) is 25.6 Å². The van der Waals surface area contributed by atoms with Crippen molar-refractivity contribution >= 4 is 5.91 Å². The van der Waals surface area contributed by atoms with E-state index in [9.17, 15) is 18.0 Å². The van der Waals surface area contributed by atoms with Gasteiger partial charge in [-0.1, -0.05) is 0 Å². The molecule has 0 aromatic carbocycles. The Hall–Kier alpha value is -0.820. The summed E-state index contributed by atoms with van der Waals surface area (Å²) in [6.07, 6.45) is -3.03. The monoisotopic (exact) mass is 280 g/mol. The quantitative estimate of drug-likeness (QED) is 0.763. The van der Waals surface area contributed by atoms with Crippen LogP contribution in [-0.2, 0) is 9.53 Å². The smallest absolute Gasteiger partial charge is 0.366 e. The van der Waals surface area contributed by atoms with Gasteiger partial charge >= 0.3 is 6.18 Å². The van der Waals surface area contributed by atoms with Crippen LogP contribution in [0.25, 0.3) is 0 Å². The molecule has 7 heteroatoms. The Bertz CT molecular complexity index is 317. The van der Waals surface area contributed by atoms with Gasteiger partial charge in [-0.25, -0.2) is 0 Å². The second-order valence-electron chi connectivity index (χ2n) is 5.08. The van der Waals surface area contributed by atoms with Crippen LogP contribution in [0.1, 0.15) is 19.3 Å². The summed E-state index contributed by atoms with van der Waals surface area (Å²) in [4.78, 5) is 15.3. The van der Waals surface area contributed by atoms with E-state index in [0.29, 0.717) is 6.54 Å². The summed E-state index contributed by atoms with van der Waals surface area (Å²) in [5.74, 6) is -0.0671. The highest BCUT2D eigenvalue weighted by Gasteiger charge is 2.43. The summed E-state index contributed by atoms with van der Waals surface area (Å²) < 4.78 is 42.4. The topological polar surface area (TPSA) is 32.8 Å². The van der Waals surface area contributed by atoms with E-state index in [2.05, 4.69) is 0 Å². The number of morpholine rings is 1. The highest BCUT2D eigenvalue weighted by molar-refractivity contribution is 5.78. The number of nitrogens with zero attached hydrogens (tertiary/aromatic N) is 2. The number of amides is 1. The first-order valence-corrected chi connectivity index (χ1v) is 6.65. The number of hydrogen-bond acceptors (Lipinski definition) is 3. The third kappa shape index (κ3) is 4.07. The van der Waals surface area contributed by atoms with Gasteiger partial charge in [-0.2, -0.15) is 13.2 Å². The molecule has 2 saturated heterocycles. The molecule has 4 nitrogen and oxygen atoms in total. The van der Waals surface area contributed by atoms with E-state index in [1.165, 1.54) is 0 Å². The van der Waals surface area contributed by atoms with Gasteiger partial charge < -0.3 is 9.64 Å². The van der Waals surface area contributed by atoms with Gasteiger partial charge in [0.1, 0.15) is 0 Å². The van der Waals surface area contributed by atoms with E-state index >= 15 is 0 Å². The molecule has 2 heterocycles. The van der Waals surface area contributed by atoms with Crippen LogP contribution in [-0.4, -0.2) is 67.3 Å². The van der Waals surface area contributed by atoms with E-state index < -0.39 is 12.3 Å². The van der Waals surface area contributed by atoms with Crippen LogP contribution in [0.5, 0.6) is 0 Å². The zero-order valence-electron chi connectivity index (χ0n) is 10.8. The number of carbonyl (C=O) groups is 1. The summed E-state index contributed by atoms with van der Waals surface area (Å²) in [5, 5.41) is 0. The molecule has 110 valence electrons. The number of halogens is 3. The molecule has 0 spiro atoms. The van der Waals surface area contributed by atoms with Crippen LogP contribution in [0.4, 0.5) is 13.2 Å². The Balaban J connectivity index is 1.83. The number of likely N-dealkylation sites (tertiary alicyclic amines) is 1. The fraction of sp³-hybridized carbons (Fsp3) is 0.917. The molecule has 0 bridgehead atoms. The summed E-state index contributed by atoms with van der Waals surface area (Å²) in [6, 6.07) is 0. The van der Waals surface area contributed by atoms with Crippen molar-refractivity contribution in [1.29, 1.82) is 0 Å². The lowest BCUT2D eigenvalue weighted by molar-refractivity contribution is -0.237. The van der Waals surface area contributed by atoms with Crippen molar-refractivity contribution in [2.45, 2.75) is 31.5 Å². The lowest BCUT2D eigenvalue weighted by atomic mass is 10.1. The van der Waals surface area contributed by atoms with E-state index in [1.54, 1.807) is 9.80 Å². The Morgan fingerprint density at radius 3 is 2.47 bits per heavy atom. The van der Waals surface area contributed by atoms with Crippen molar-refractivity contribution in [3.63, 3.8) is 0 Å². The van der Waals surface area contributed by atoms with Crippen LogP contribution < -0.4 is 0 Å². The van der Waals surface area contributed by atoms with Crippen molar-refractivity contribution in [2.75, 3.05) is 39.3 Å². The van der Waals surface area contributed by atoms with Crippen LogP contribution in [0, 0.1) is 0 Å². The van der Waals surface area contributed by atoms with Crippen molar-refractivity contribution in [2.24, 2.45) is 0 Å². The molecule has 0 N–H and O–H groups in total. The fourth-order valence-corrected chi connectivity index (χ4v) is 2.48. The molecule has 0 aromatic heterocycles. The van der Waals surface area contributed by atoms with E-state index in [0.717, 1.165) is 32.4 Å². The number of hydrogen-bond donors (Lipinski definition) is 0. The first-order chi connectivity index (χ1) is 8.97. The average Bonchev–Trinajstić information content (AvgIpc) is 2.39. The predicted octanol–water partition coefficient (Wildman–Crippen LogP) is 1.26. The van der Waals surface area contributed by atoms with Gasteiger partial charge in [0.15, 0.2) is 6.10 Å². The SMILES string of the molecule is O=C(CN1CCO[C@H](C(F)(F)F)C1)N1CCCCC1. The van der Waals surface area contributed by atoms with E-state index in [4.69, 9.17) is 4.74 Å². The molecule has 0 saturated carbocycles. The number of alkyl halides is 3. The zero-order valence-corrected chi connectivity index (χ0v) is 10.8. The normalized spacial score (nSPS) is 26.5. The van der Waals surface area contributed by atoms with Gasteiger partial charge in [-0.05, 0) is 19.3 Å². The van der Waals surface area contributed by atoms with Crippen molar-refractivity contribution in [1.82, 2.24) is 9.80 Å². The molecule has 19 heavy (non-hydrogen) atoms. The molecule has 2 aliphatic heterocycles. The maximum absolute atomic E-state index is 12.6. The van der Waals surface area contributed by atoms with Gasteiger partial charge in [0.2, 0.25) is 5.91 Å². The molecule has 2 rings (SSSR count). The molecule has 1 atom stereocenters. The van der Waals surface area contributed by atoms with E-state index in [1.807, 2.05) is 0 Å². The Labute approximate surface area is 110 Å². The Kier molecular flexibility index (Phi) is 4.67. The van der Waals surface area contributed by atoms with Crippen LogP contribution in [0.3, 0.4) is 0 Å². The minimum absolute atomic E-state index is 0.0253. The molecule has 1 amide bonds. The summed E-state index contributed by atoms with van der Waals surface area (Å²) in [6.45, 7) is 1.68. The van der Waals surface area contributed by atoms with Crippen molar-refractivity contribution < 1.29 is 22.7 Å². The molecule has 0 radical (unpaired) electrons.